The molecule has 1 aliphatic carbocycles. The van der Waals surface area contributed by atoms with Gasteiger partial charge in [0.1, 0.15) is 0 Å². The molecule has 3 heteroatoms. The van der Waals surface area contributed by atoms with Crippen LogP contribution in [0.1, 0.15) is 52.9 Å². The van der Waals surface area contributed by atoms with Crippen molar-refractivity contribution in [1.29, 1.82) is 0 Å². The Labute approximate surface area is 111 Å². The minimum atomic E-state index is -0.0280. The second kappa shape index (κ2) is 5.60. The highest BCUT2D eigenvalue weighted by atomic mass is 16.2. The number of nitrogens with zero attached hydrogens (tertiary/aromatic N) is 1. The summed E-state index contributed by atoms with van der Waals surface area (Å²) < 4.78 is 0. The smallest absolute Gasteiger partial charge is 0.229 e. The number of hydrogen-bond donors (Lipinski definition) is 1. The van der Waals surface area contributed by atoms with Gasteiger partial charge in [-0.05, 0) is 32.1 Å². The summed E-state index contributed by atoms with van der Waals surface area (Å²) >= 11 is 0. The van der Waals surface area contributed by atoms with E-state index in [1.54, 1.807) is 0 Å². The largest absolute Gasteiger partial charge is 0.337 e. The molecule has 1 saturated carbocycles. The number of piperazine rings is 1. The van der Waals surface area contributed by atoms with Crippen molar-refractivity contribution in [2.45, 2.75) is 58.9 Å². The molecule has 0 aromatic carbocycles. The van der Waals surface area contributed by atoms with Crippen molar-refractivity contribution >= 4 is 5.91 Å². The fourth-order valence-electron chi connectivity index (χ4n) is 3.79. The van der Waals surface area contributed by atoms with Gasteiger partial charge in [0.2, 0.25) is 5.91 Å². The first-order chi connectivity index (χ1) is 8.55. The third kappa shape index (κ3) is 2.71. The van der Waals surface area contributed by atoms with E-state index in [0.717, 1.165) is 38.9 Å². The SMILES string of the molecule is CC(C)CC1(C(=O)N2CCNC[C@@H]2C)CCCC1. The van der Waals surface area contributed by atoms with Crippen LogP contribution in [0.15, 0.2) is 0 Å². The fraction of sp³-hybridized carbons (Fsp3) is 0.933. The molecule has 0 aromatic heterocycles. The molecule has 0 aromatic rings. The van der Waals surface area contributed by atoms with Gasteiger partial charge in [0, 0.05) is 31.1 Å². The molecule has 1 atom stereocenters. The maximum Gasteiger partial charge on any atom is 0.229 e. The first-order valence-electron chi connectivity index (χ1n) is 7.57. The molecule has 2 fully saturated rings. The van der Waals surface area contributed by atoms with Crippen molar-refractivity contribution < 1.29 is 4.79 Å². The van der Waals surface area contributed by atoms with Crippen molar-refractivity contribution in [2.75, 3.05) is 19.6 Å². The average Bonchev–Trinajstić information content (AvgIpc) is 2.77. The summed E-state index contributed by atoms with van der Waals surface area (Å²) in [5, 5.41) is 3.37. The summed E-state index contributed by atoms with van der Waals surface area (Å²) in [5.41, 5.74) is -0.0280. The molecule has 1 amide bonds. The molecule has 0 spiro atoms. The van der Waals surface area contributed by atoms with Crippen LogP contribution in [0.4, 0.5) is 0 Å². The number of amides is 1. The Kier molecular flexibility index (Phi) is 4.31. The zero-order chi connectivity index (χ0) is 13.2. The molecular formula is C15H28N2O. The van der Waals surface area contributed by atoms with Crippen LogP contribution >= 0.6 is 0 Å². The van der Waals surface area contributed by atoms with Gasteiger partial charge in [-0.2, -0.15) is 0 Å². The average molecular weight is 252 g/mol. The Morgan fingerprint density at radius 1 is 1.39 bits per heavy atom. The molecule has 1 heterocycles. The van der Waals surface area contributed by atoms with E-state index in [1.165, 1.54) is 12.8 Å². The molecular weight excluding hydrogens is 224 g/mol. The zero-order valence-electron chi connectivity index (χ0n) is 12.2. The summed E-state index contributed by atoms with van der Waals surface area (Å²) in [5.74, 6) is 1.06. The Hall–Kier alpha value is -0.570. The van der Waals surface area contributed by atoms with Crippen molar-refractivity contribution in [3.05, 3.63) is 0 Å². The lowest BCUT2D eigenvalue weighted by atomic mass is 9.77. The number of nitrogens with one attached hydrogen (secondary N) is 1. The summed E-state index contributed by atoms with van der Waals surface area (Å²) in [6, 6.07) is 0.357. The predicted molar refractivity (Wildman–Crippen MR) is 74.4 cm³/mol. The van der Waals surface area contributed by atoms with E-state index >= 15 is 0 Å². The lowest BCUT2D eigenvalue weighted by Gasteiger charge is -2.41. The highest BCUT2D eigenvalue weighted by molar-refractivity contribution is 5.83. The number of hydrogen-bond acceptors (Lipinski definition) is 2. The minimum Gasteiger partial charge on any atom is -0.337 e. The van der Waals surface area contributed by atoms with Crippen LogP contribution in [-0.4, -0.2) is 36.5 Å². The topological polar surface area (TPSA) is 32.3 Å². The lowest BCUT2D eigenvalue weighted by Crippen LogP contribution is -2.56. The van der Waals surface area contributed by atoms with Gasteiger partial charge in [0.25, 0.3) is 0 Å². The summed E-state index contributed by atoms with van der Waals surface area (Å²) in [4.78, 5) is 15.1. The molecule has 1 saturated heterocycles. The van der Waals surface area contributed by atoms with E-state index in [2.05, 4.69) is 31.0 Å². The third-order valence-corrected chi connectivity index (χ3v) is 4.58. The Balaban J connectivity index is 2.12. The maximum absolute atomic E-state index is 13.0. The molecule has 2 rings (SSSR count). The van der Waals surface area contributed by atoms with E-state index < -0.39 is 0 Å². The van der Waals surface area contributed by atoms with Gasteiger partial charge in [0.05, 0.1) is 0 Å². The first-order valence-corrected chi connectivity index (χ1v) is 7.57. The Morgan fingerprint density at radius 2 is 2.06 bits per heavy atom. The van der Waals surface area contributed by atoms with E-state index in [9.17, 15) is 4.79 Å². The maximum atomic E-state index is 13.0. The summed E-state index contributed by atoms with van der Waals surface area (Å²) in [7, 11) is 0. The monoisotopic (exact) mass is 252 g/mol. The second-order valence-electron chi connectivity index (χ2n) is 6.64. The molecule has 18 heavy (non-hydrogen) atoms. The number of carbonyl (C=O) groups excluding carboxylic acids is 1. The van der Waals surface area contributed by atoms with Crippen LogP contribution in [0.5, 0.6) is 0 Å². The molecule has 3 nitrogen and oxygen atoms in total. The van der Waals surface area contributed by atoms with Crippen LogP contribution in [0.3, 0.4) is 0 Å². The molecule has 104 valence electrons. The van der Waals surface area contributed by atoms with Crippen molar-refractivity contribution in [2.24, 2.45) is 11.3 Å². The normalized spacial score (nSPS) is 27.8. The number of rotatable bonds is 3. The van der Waals surface area contributed by atoms with Crippen molar-refractivity contribution in [1.82, 2.24) is 10.2 Å². The van der Waals surface area contributed by atoms with E-state index in [4.69, 9.17) is 0 Å². The highest BCUT2D eigenvalue weighted by Gasteiger charge is 2.44. The molecule has 0 bridgehead atoms. The number of carbonyl (C=O) groups is 1. The van der Waals surface area contributed by atoms with Crippen LogP contribution in [0.25, 0.3) is 0 Å². The van der Waals surface area contributed by atoms with Crippen LogP contribution in [-0.2, 0) is 4.79 Å². The van der Waals surface area contributed by atoms with Gasteiger partial charge in [-0.15, -0.1) is 0 Å². The quantitative estimate of drug-likeness (QED) is 0.836. The van der Waals surface area contributed by atoms with Crippen LogP contribution in [0, 0.1) is 11.3 Å². The minimum absolute atomic E-state index is 0.0280. The fourth-order valence-corrected chi connectivity index (χ4v) is 3.79. The lowest BCUT2D eigenvalue weighted by molar-refractivity contribution is -0.146. The van der Waals surface area contributed by atoms with Crippen LogP contribution in [0.2, 0.25) is 0 Å². The van der Waals surface area contributed by atoms with Gasteiger partial charge in [-0.3, -0.25) is 4.79 Å². The standard InChI is InChI=1S/C15H28N2O/c1-12(2)10-15(6-4-5-7-15)14(18)17-9-8-16-11-13(17)3/h12-13,16H,4-11H2,1-3H3/t13-/m0/s1. The van der Waals surface area contributed by atoms with Crippen molar-refractivity contribution in [3.8, 4) is 0 Å². The third-order valence-electron chi connectivity index (χ3n) is 4.58. The molecule has 1 aliphatic heterocycles. The first kappa shape index (κ1) is 13.9. The Morgan fingerprint density at radius 3 is 2.61 bits per heavy atom. The summed E-state index contributed by atoms with van der Waals surface area (Å²) in [6.45, 7) is 9.45. The van der Waals surface area contributed by atoms with Gasteiger partial charge in [-0.1, -0.05) is 26.7 Å². The highest BCUT2D eigenvalue weighted by Crippen LogP contribution is 2.45. The predicted octanol–water partition coefficient (Wildman–Crippen LogP) is 2.41. The molecule has 2 aliphatic rings. The van der Waals surface area contributed by atoms with Gasteiger partial charge >= 0.3 is 0 Å². The second-order valence-corrected chi connectivity index (χ2v) is 6.64. The van der Waals surface area contributed by atoms with Gasteiger partial charge in [-0.25, -0.2) is 0 Å². The molecule has 0 radical (unpaired) electrons. The molecule has 0 unspecified atom stereocenters. The van der Waals surface area contributed by atoms with Crippen LogP contribution < -0.4 is 5.32 Å². The van der Waals surface area contributed by atoms with Gasteiger partial charge in [0.15, 0.2) is 0 Å². The Bertz CT molecular complexity index is 295. The van der Waals surface area contributed by atoms with E-state index in [0.29, 0.717) is 17.9 Å². The van der Waals surface area contributed by atoms with Crippen molar-refractivity contribution in [3.63, 3.8) is 0 Å². The van der Waals surface area contributed by atoms with Gasteiger partial charge < -0.3 is 10.2 Å². The van der Waals surface area contributed by atoms with E-state index in [1.807, 2.05) is 0 Å². The van der Waals surface area contributed by atoms with E-state index in [-0.39, 0.29) is 5.41 Å². The summed E-state index contributed by atoms with van der Waals surface area (Å²) in [6.07, 6.45) is 5.77. The zero-order valence-corrected chi connectivity index (χ0v) is 12.2. The molecule has 1 N–H and O–H groups in total.